The van der Waals surface area contributed by atoms with Gasteiger partial charge in [-0.3, -0.25) is 9.36 Å². The number of aliphatic hydroxyl groups excluding tert-OH is 3. The third-order valence-electron chi connectivity index (χ3n) is 3.46. The summed E-state index contributed by atoms with van der Waals surface area (Å²) in [6, 6.07) is -1.12. The lowest BCUT2D eigenvalue weighted by molar-refractivity contribution is -0.136. The van der Waals surface area contributed by atoms with Crippen LogP contribution < -0.4 is 11.4 Å². The first kappa shape index (κ1) is 15.4. The summed E-state index contributed by atoms with van der Waals surface area (Å²) in [5.74, 6) is -2.23. The first-order valence-electron chi connectivity index (χ1n) is 6.09. The van der Waals surface area contributed by atoms with E-state index in [4.69, 9.17) is 5.73 Å². The smallest absolute Gasteiger partial charge is 0.351 e. The standard InChI is InChI=1S/C11H15FN4O5/c1-4(18)16-6(3-17)7(19)8(20)10(16)15-2-5(12)9(13)14-11(15)21/h2,6-8,10,17,19-20H,3H2,1H3,(H2,13,14,21)/t6-,7-,8-,10+/m0/s1. The second-order valence-electron chi connectivity index (χ2n) is 4.73. The van der Waals surface area contributed by atoms with Gasteiger partial charge in [0.05, 0.1) is 18.8 Å². The molecule has 10 heteroatoms. The highest BCUT2D eigenvalue weighted by atomic mass is 19.1. The Hall–Kier alpha value is -2.04. The maximum atomic E-state index is 13.5. The summed E-state index contributed by atoms with van der Waals surface area (Å²) in [6.07, 6.45) is -3.77. The van der Waals surface area contributed by atoms with Gasteiger partial charge < -0.3 is 26.0 Å². The van der Waals surface area contributed by atoms with Crippen molar-refractivity contribution < 1.29 is 24.5 Å². The third kappa shape index (κ3) is 2.37. The highest BCUT2D eigenvalue weighted by molar-refractivity contribution is 5.74. The first-order chi connectivity index (χ1) is 9.79. The van der Waals surface area contributed by atoms with Gasteiger partial charge in [0.1, 0.15) is 18.4 Å². The van der Waals surface area contributed by atoms with Crippen molar-refractivity contribution in [1.82, 2.24) is 14.5 Å². The summed E-state index contributed by atoms with van der Waals surface area (Å²) in [4.78, 5) is 27.6. The maximum absolute atomic E-state index is 13.5. The summed E-state index contributed by atoms with van der Waals surface area (Å²) >= 11 is 0. The molecule has 1 fully saturated rings. The van der Waals surface area contributed by atoms with Crippen LogP contribution >= 0.6 is 0 Å². The monoisotopic (exact) mass is 302 g/mol. The summed E-state index contributed by atoms with van der Waals surface area (Å²) in [5.41, 5.74) is 4.18. The molecule has 1 aromatic rings. The topological polar surface area (TPSA) is 142 Å². The fourth-order valence-corrected chi connectivity index (χ4v) is 2.49. The fourth-order valence-electron chi connectivity index (χ4n) is 2.49. The van der Waals surface area contributed by atoms with E-state index in [1.54, 1.807) is 0 Å². The van der Waals surface area contributed by atoms with Crippen molar-refractivity contribution in [2.75, 3.05) is 12.3 Å². The van der Waals surface area contributed by atoms with Gasteiger partial charge in [-0.25, -0.2) is 9.18 Å². The molecule has 1 saturated heterocycles. The number of carbonyl (C=O) groups excluding carboxylic acids is 1. The quantitative estimate of drug-likeness (QED) is 0.469. The Morgan fingerprint density at radius 1 is 1.48 bits per heavy atom. The van der Waals surface area contributed by atoms with Gasteiger partial charge in [-0.05, 0) is 0 Å². The molecule has 0 aliphatic carbocycles. The first-order valence-corrected chi connectivity index (χ1v) is 6.09. The fraction of sp³-hybridized carbons (Fsp3) is 0.545. The predicted octanol–water partition coefficient (Wildman–Crippen LogP) is -2.59. The number of likely N-dealkylation sites (tertiary alicyclic amines) is 1. The number of carbonyl (C=O) groups is 1. The van der Waals surface area contributed by atoms with Crippen LogP contribution in [0, 0.1) is 5.82 Å². The lowest BCUT2D eigenvalue weighted by atomic mass is 10.1. The summed E-state index contributed by atoms with van der Waals surface area (Å²) in [7, 11) is 0. The summed E-state index contributed by atoms with van der Waals surface area (Å²) in [5, 5.41) is 29.1. The Balaban J connectivity index is 2.57. The number of aromatic nitrogens is 2. The van der Waals surface area contributed by atoms with E-state index in [9.17, 15) is 29.3 Å². The van der Waals surface area contributed by atoms with E-state index < -0.39 is 54.3 Å². The second-order valence-corrected chi connectivity index (χ2v) is 4.73. The number of aliphatic hydroxyl groups is 3. The molecule has 0 saturated carbocycles. The van der Waals surface area contributed by atoms with Crippen LogP contribution in [0.1, 0.15) is 13.1 Å². The largest absolute Gasteiger partial charge is 0.394 e. The number of nitrogens with two attached hydrogens (primary N) is 1. The van der Waals surface area contributed by atoms with Gasteiger partial charge in [-0.1, -0.05) is 0 Å². The number of hydrogen-bond acceptors (Lipinski definition) is 7. The van der Waals surface area contributed by atoms with E-state index in [1.807, 2.05) is 0 Å². The highest BCUT2D eigenvalue weighted by Gasteiger charge is 2.50. The van der Waals surface area contributed by atoms with Crippen LogP contribution in [0.15, 0.2) is 11.0 Å². The molecule has 0 aromatic carbocycles. The van der Waals surface area contributed by atoms with E-state index in [1.165, 1.54) is 0 Å². The Morgan fingerprint density at radius 2 is 2.10 bits per heavy atom. The molecule has 0 radical (unpaired) electrons. The van der Waals surface area contributed by atoms with E-state index in [0.717, 1.165) is 11.8 Å². The van der Waals surface area contributed by atoms with Gasteiger partial charge >= 0.3 is 5.69 Å². The van der Waals surface area contributed by atoms with Gasteiger partial charge in [-0.15, -0.1) is 0 Å². The molecule has 5 N–H and O–H groups in total. The zero-order chi connectivity index (χ0) is 15.9. The van der Waals surface area contributed by atoms with Crippen molar-refractivity contribution >= 4 is 11.7 Å². The molecule has 116 valence electrons. The molecule has 9 nitrogen and oxygen atoms in total. The zero-order valence-corrected chi connectivity index (χ0v) is 11.0. The van der Waals surface area contributed by atoms with Crippen molar-refractivity contribution in [2.45, 2.75) is 31.3 Å². The Bertz CT molecular complexity index is 621. The van der Waals surface area contributed by atoms with Crippen molar-refractivity contribution in [3.63, 3.8) is 0 Å². The van der Waals surface area contributed by atoms with Crippen LogP contribution in [-0.4, -0.2) is 60.5 Å². The number of amides is 1. The number of anilines is 1. The molecule has 2 rings (SSSR count). The SMILES string of the molecule is CC(=O)N1[C@@H](CO)[C@H](O)[C@H](O)[C@@H]1n1cc(F)c(N)nc1=O. The lowest BCUT2D eigenvalue weighted by Crippen LogP contribution is -2.45. The van der Waals surface area contributed by atoms with Crippen molar-refractivity contribution in [3.8, 4) is 0 Å². The average Bonchev–Trinajstić information content (AvgIpc) is 2.66. The molecule has 1 aromatic heterocycles. The number of halogens is 1. The van der Waals surface area contributed by atoms with E-state index in [0.29, 0.717) is 10.8 Å². The minimum atomic E-state index is -1.59. The Morgan fingerprint density at radius 3 is 2.62 bits per heavy atom. The Labute approximate surface area is 118 Å². The van der Waals surface area contributed by atoms with Crippen molar-refractivity contribution in [1.29, 1.82) is 0 Å². The van der Waals surface area contributed by atoms with Crippen LogP contribution in [-0.2, 0) is 4.79 Å². The number of hydrogen-bond donors (Lipinski definition) is 4. The molecule has 21 heavy (non-hydrogen) atoms. The molecule has 1 amide bonds. The lowest BCUT2D eigenvalue weighted by Gasteiger charge is -2.29. The van der Waals surface area contributed by atoms with Crippen LogP contribution in [0.4, 0.5) is 10.2 Å². The van der Waals surface area contributed by atoms with Gasteiger partial charge in [-0.2, -0.15) is 4.98 Å². The maximum Gasteiger partial charge on any atom is 0.351 e. The molecule has 0 unspecified atom stereocenters. The van der Waals surface area contributed by atoms with Gasteiger partial charge in [0.25, 0.3) is 0 Å². The summed E-state index contributed by atoms with van der Waals surface area (Å²) in [6.45, 7) is 0.500. The molecule has 1 aliphatic heterocycles. The average molecular weight is 302 g/mol. The van der Waals surface area contributed by atoms with E-state index in [-0.39, 0.29) is 0 Å². The molecular weight excluding hydrogens is 287 g/mol. The minimum Gasteiger partial charge on any atom is -0.394 e. The van der Waals surface area contributed by atoms with Gasteiger partial charge in [0.15, 0.2) is 11.6 Å². The number of nitrogens with zero attached hydrogens (tertiary/aromatic N) is 3. The Kier molecular flexibility index (Phi) is 3.94. The normalized spacial score (nSPS) is 28.9. The number of rotatable bonds is 2. The predicted molar refractivity (Wildman–Crippen MR) is 67.3 cm³/mol. The molecule has 0 bridgehead atoms. The van der Waals surface area contributed by atoms with Crippen LogP contribution in [0.25, 0.3) is 0 Å². The zero-order valence-electron chi connectivity index (χ0n) is 11.0. The molecular formula is C11H15FN4O5. The van der Waals surface area contributed by atoms with Gasteiger partial charge in [0, 0.05) is 6.92 Å². The van der Waals surface area contributed by atoms with Gasteiger partial charge in [0.2, 0.25) is 5.91 Å². The van der Waals surface area contributed by atoms with E-state index >= 15 is 0 Å². The highest BCUT2D eigenvalue weighted by Crippen LogP contribution is 2.32. The van der Waals surface area contributed by atoms with E-state index in [2.05, 4.69) is 4.98 Å². The molecule has 0 spiro atoms. The molecule has 4 atom stereocenters. The number of nitrogen functional groups attached to an aromatic ring is 1. The van der Waals surface area contributed by atoms with Crippen molar-refractivity contribution in [2.24, 2.45) is 0 Å². The van der Waals surface area contributed by atoms with Crippen molar-refractivity contribution in [3.05, 3.63) is 22.5 Å². The van der Waals surface area contributed by atoms with Crippen LogP contribution in [0.5, 0.6) is 0 Å². The second kappa shape index (κ2) is 5.39. The van der Waals surface area contributed by atoms with Crippen LogP contribution in [0.3, 0.4) is 0 Å². The van der Waals surface area contributed by atoms with Crippen LogP contribution in [0.2, 0.25) is 0 Å². The third-order valence-corrected chi connectivity index (χ3v) is 3.46. The molecule has 2 heterocycles. The minimum absolute atomic E-state index is 0.612. The summed E-state index contributed by atoms with van der Waals surface area (Å²) < 4.78 is 14.2. The molecule has 1 aliphatic rings.